The molecule has 2 rings (SSSR count). The van der Waals surface area contributed by atoms with Gasteiger partial charge in [-0.15, -0.1) is 12.4 Å². The van der Waals surface area contributed by atoms with Crippen LogP contribution in [-0.2, 0) is 11.3 Å². The Morgan fingerprint density at radius 3 is 2.84 bits per heavy atom. The molecule has 1 aromatic carbocycles. The molecule has 106 valence electrons. The number of ether oxygens (including phenoxy) is 1. The van der Waals surface area contributed by atoms with E-state index in [2.05, 4.69) is 34.5 Å². The van der Waals surface area contributed by atoms with Crippen LogP contribution in [0.3, 0.4) is 0 Å². The van der Waals surface area contributed by atoms with E-state index >= 15 is 0 Å². The van der Waals surface area contributed by atoms with Gasteiger partial charge < -0.3 is 10.1 Å². The first-order valence-corrected chi connectivity index (χ1v) is 6.42. The van der Waals surface area contributed by atoms with E-state index < -0.39 is 0 Å². The van der Waals surface area contributed by atoms with Crippen LogP contribution in [0, 0.1) is 0 Å². The molecule has 1 aliphatic rings. The van der Waals surface area contributed by atoms with Gasteiger partial charge in [-0.2, -0.15) is 0 Å². The summed E-state index contributed by atoms with van der Waals surface area (Å²) in [6.45, 7) is 2.82. The summed E-state index contributed by atoms with van der Waals surface area (Å²) in [5, 5.41) is 2.50. The van der Waals surface area contributed by atoms with E-state index in [0.717, 1.165) is 32.5 Å². The zero-order valence-corrected chi connectivity index (χ0v) is 12.0. The van der Waals surface area contributed by atoms with Crippen LogP contribution in [0.25, 0.3) is 0 Å². The third kappa shape index (κ3) is 5.09. The number of likely N-dealkylation sites (tertiary alicyclic amines) is 1. The largest absolute Gasteiger partial charge is 0.445 e. The standard InChI is InChI=1S/C14H20N2O2.ClH/c1-15-14(17)18-13-8-5-9-16(11-13)10-12-6-3-2-4-7-12;/h2-4,6-7,13H,5,8-11H2,1H3,(H,15,17);1H/t13-;/m0./s1. The average Bonchev–Trinajstić information content (AvgIpc) is 2.40. The molecule has 0 bridgehead atoms. The van der Waals surface area contributed by atoms with Gasteiger partial charge in [0, 0.05) is 20.1 Å². The lowest BCUT2D eigenvalue weighted by Crippen LogP contribution is -2.41. The number of piperidine rings is 1. The molecule has 0 radical (unpaired) electrons. The highest BCUT2D eigenvalue weighted by Gasteiger charge is 2.22. The summed E-state index contributed by atoms with van der Waals surface area (Å²) in [6.07, 6.45) is 1.72. The number of benzene rings is 1. The maximum atomic E-state index is 11.2. The zero-order valence-electron chi connectivity index (χ0n) is 11.2. The van der Waals surface area contributed by atoms with E-state index in [9.17, 15) is 4.79 Å². The van der Waals surface area contributed by atoms with E-state index in [1.54, 1.807) is 7.05 Å². The normalized spacial score (nSPS) is 19.3. The monoisotopic (exact) mass is 284 g/mol. The van der Waals surface area contributed by atoms with Crippen molar-refractivity contribution in [2.24, 2.45) is 0 Å². The van der Waals surface area contributed by atoms with E-state index in [0.29, 0.717) is 0 Å². The molecular formula is C14H21ClN2O2. The van der Waals surface area contributed by atoms with Gasteiger partial charge in [0.15, 0.2) is 0 Å². The second-order valence-electron chi connectivity index (χ2n) is 4.64. The fourth-order valence-corrected chi connectivity index (χ4v) is 2.30. The number of rotatable bonds is 3. The van der Waals surface area contributed by atoms with Crippen molar-refractivity contribution in [3.05, 3.63) is 35.9 Å². The maximum absolute atomic E-state index is 11.2. The molecule has 0 aromatic heterocycles. The second kappa shape index (κ2) is 8.02. The highest BCUT2D eigenvalue weighted by Crippen LogP contribution is 2.16. The molecule has 0 aliphatic carbocycles. The molecule has 0 unspecified atom stereocenters. The number of amides is 1. The lowest BCUT2D eigenvalue weighted by Gasteiger charge is -2.32. The third-order valence-corrected chi connectivity index (χ3v) is 3.19. The van der Waals surface area contributed by atoms with Gasteiger partial charge in [0.05, 0.1) is 0 Å². The van der Waals surface area contributed by atoms with E-state index in [-0.39, 0.29) is 24.6 Å². The summed E-state index contributed by atoms with van der Waals surface area (Å²) in [7, 11) is 1.59. The predicted octanol–water partition coefficient (Wildman–Crippen LogP) is 2.43. The molecular weight excluding hydrogens is 264 g/mol. The Morgan fingerprint density at radius 1 is 1.42 bits per heavy atom. The van der Waals surface area contributed by atoms with E-state index in [4.69, 9.17) is 4.74 Å². The highest BCUT2D eigenvalue weighted by atomic mass is 35.5. The van der Waals surface area contributed by atoms with Gasteiger partial charge in [0.2, 0.25) is 0 Å². The Morgan fingerprint density at radius 2 is 2.16 bits per heavy atom. The van der Waals surface area contributed by atoms with Crippen molar-refractivity contribution in [1.82, 2.24) is 10.2 Å². The molecule has 1 N–H and O–H groups in total. The van der Waals surface area contributed by atoms with Crippen LogP contribution >= 0.6 is 12.4 Å². The molecule has 1 saturated heterocycles. The van der Waals surface area contributed by atoms with Gasteiger partial charge in [0.25, 0.3) is 0 Å². The van der Waals surface area contributed by atoms with Crippen molar-refractivity contribution in [1.29, 1.82) is 0 Å². The van der Waals surface area contributed by atoms with Gasteiger partial charge >= 0.3 is 6.09 Å². The highest BCUT2D eigenvalue weighted by molar-refractivity contribution is 5.85. The van der Waals surface area contributed by atoms with Crippen molar-refractivity contribution >= 4 is 18.5 Å². The van der Waals surface area contributed by atoms with Crippen LogP contribution in [0.5, 0.6) is 0 Å². The Balaban J connectivity index is 0.00000180. The SMILES string of the molecule is CNC(=O)O[C@H]1CCCN(Cc2ccccc2)C1.Cl. The van der Waals surface area contributed by atoms with Gasteiger partial charge in [-0.25, -0.2) is 4.79 Å². The Labute approximate surface area is 120 Å². The van der Waals surface area contributed by atoms with E-state index in [1.807, 2.05) is 6.07 Å². The van der Waals surface area contributed by atoms with Crippen molar-refractivity contribution in [2.45, 2.75) is 25.5 Å². The molecule has 1 aliphatic heterocycles. The minimum Gasteiger partial charge on any atom is -0.445 e. The first-order valence-electron chi connectivity index (χ1n) is 6.42. The summed E-state index contributed by atoms with van der Waals surface area (Å²) in [4.78, 5) is 13.5. The molecule has 1 heterocycles. The van der Waals surface area contributed by atoms with Gasteiger partial charge in [-0.3, -0.25) is 4.90 Å². The fraction of sp³-hybridized carbons (Fsp3) is 0.500. The minimum atomic E-state index is -0.332. The van der Waals surface area contributed by atoms with Gasteiger partial charge in [0.1, 0.15) is 6.10 Å². The smallest absolute Gasteiger partial charge is 0.407 e. The van der Waals surface area contributed by atoms with Crippen LogP contribution in [-0.4, -0.2) is 37.2 Å². The lowest BCUT2D eigenvalue weighted by atomic mass is 10.1. The Kier molecular flexibility index (Phi) is 6.67. The second-order valence-corrected chi connectivity index (χ2v) is 4.64. The molecule has 5 heteroatoms. The fourth-order valence-electron chi connectivity index (χ4n) is 2.30. The topological polar surface area (TPSA) is 41.6 Å². The van der Waals surface area contributed by atoms with Crippen LogP contribution in [0.15, 0.2) is 30.3 Å². The quantitative estimate of drug-likeness (QED) is 0.927. The molecule has 0 saturated carbocycles. The molecule has 1 atom stereocenters. The zero-order chi connectivity index (χ0) is 12.8. The van der Waals surface area contributed by atoms with Crippen molar-refractivity contribution in [3.63, 3.8) is 0 Å². The number of alkyl carbamates (subject to hydrolysis) is 1. The Bertz CT molecular complexity index is 386. The molecule has 1 amide bonds. The van der Waals surface area contributed by atoms with Crippen LogP contribution in [0.2, 0.25) is 0 Å². The number of hydrogen-bond donors (Lipinski definition) is 1. The predicted molar refractivity (Wildman–Crippen MR) is 77.5 cm³/mol. The van der Waals surface area contributed by atoms with Gasteiger partial charge in [-0.05, 0) is 24.9 Å². The van der Waals surface area contributed by atoms with Crippen molar-refractivity contribution < 1.29 is 9.53 Å². The summed E-state index contributed by atoms with van der Waals surface area (Å²) in [5.41, 5.74) is 1.30. The first-order chi connectivity index (χ1) is 8.78. The van der Waals surface area contributed by atoms with E-state index in [1.165, 1.54) is 5.56 Å². The summed E-state index contributed by atoms with van der Waals surface area (Å²) in [5.74, 6) is 0. The van der Waals surface area contributed by atoms with Crippen molar-refractivity contribution in [2.75, 3.05) is 20.1 Å². The molecule has 4 nitrogen and oxygen atoms in total. The number of hydrogen-bond acceptors (Lipinski definition) is 3. The molecule has 1 aromatic rings. The third-order valence-electron chi connectivity index (χ3n) is 3.19. The number of carbonyl (C=O) groups excluding carboxylic acids is 1. The van der Waals surface area contributed by atoms with Crippen molar-refractivity contribution in [3.8, 4) is 0 Å². The number of nitrogens with one attached hydrogen (secondary N) is 1. The first kappa shape index (κ1) is 15.8. The van der Waals surface area contributed by atoms with Gasteiger partial charge in [-0.1, -0.05) is 30.3 Å². The number of carbonyl (C=O) groups is 1. The summed E-state index contributed by atoms with van der Waals surface area (Å²) < 4.78 is 5.32. The molecule has 0 spiro atoms. The summed E-state index contributed by atoms with van der Waals surface area (Å²) >= 11 is 0. The number of halogens is 1. The maximum Gasteiger partial charge on any atom is 0.407 e. The molecule has 1 fully saturated rings. The summed E-state index contributed by atoms with van der Waals surface area (Å²) in [6, 6.07) is 10.4. The lowest BCUT2D eigenvalue weighted by molar-refractivity contribution is 0.0407. The van der Waals surface area contributed by atoms with Crippen LogP contribution in [0.4, 0.5) is 4.79 Å². The average molecular weight is 285 g/mol. The minimum absolute atomic E-state index is 0. The molecule has 19 heavy (non-hydrogen) atoms. The van der Waals surface area contributed by atoms with Crippen LogP contribution < -0.4 is 5.32 Å². The number of nitrogens with zero attached hydrogens (tertiary/aromatic N) is 1. The Hall–Kier alpha value is -1.26. The van der Waals surface area contributed by atoms with Crippen LogP contribution in [0.1, 0.15) is 18.4 Å².